The van der Waals surface area contributed by atoms with Crippen LogP contribution in [0, 0.1) is 0 Å². The molecule has 1 atom stereocenters. The van der Waals surface area contributed by atoms with Crippen LogP contribution in [0.4, 0.5) is 0 Å². The summed E-state index contributed by atoms with van der Waals surface area (Å²) < 4.78 is 0. The number of benzene rings is 1. The summed E-state index contributed by atoms with van der Waals surface area (Å²) in [5, 5.41) is 0. The van der Waals surface area contributed by atoms with Gasteiger partial charge in [-0.2, -0.15) is 0 Å². The fraction of sp³-hybridized carbons (Fsp3) is 0.600. The van der Waals surface area contributed by atoms with Gasteiger partial charge in [-0.15, -0.1) is 0 Å². The van der Waals surface area contributed by atoms with Crippen LogP contribution in [0.5, 0.6) is 0 Å². The summed E-state index contributed by atoms with van der Waals surface area (Å²) in [5.41, 5.74) is 5.62. The Hall–Kier alpha value is -0.860. The van der Waals surface area contributed by atoms with E-state index < -0.39 is 0 Å². The highest BCUT2D eigenvalue weighted by atomic mass is 15.2. The average molecular weight is 234 g/mol. The van der Waals surface area contributed by atoms with Crippen LogP contribution in [0.15, 0.2) is 24.3 Å². The van der Waals surface area contributed by atoms with Crippen molar-refractivity contribution in [3.8, 4) is 0 Å². The number of hydrogen-bond donors (Lipinski definition) is 2. The summed E-state index contributed by atoms with van der Waals surface area (Å²) in [6, 6.07) is 9.10. The van der Waals surface area contributed by atoms with Gasteiger partial charge in [0.1, 0.15) is 0 Å². The van der Waals surface area contributed by atoms with Gasteiger partial charge in [0.25, 0.3) is 0 Å². The van der Waals surface area contributed by atoms with Crippen LogP contribution in [-0.2, 0) is 6.42 Å². The Balaban J connectivity index is 2.47. The first-order valence-electron chi connectivity index (χ1n) is 6.86. The molecule has 3 N–H and O–H groups in total. The molecule has 0 fully saturated rings. The highest BCUT2D eigenvalue weighted by Crippen LogP contribution is 2.20. The average Bonchev–Trinajstić information content (AvgIpc) is 2.39. The molecule has 0 aliphatic rings. The minimum absolute atomic E-state index is 0.303. The molecule has 0 bridgehead atoms. The first kappa shape index (κ1) is 14.2. The molecule has 2 nitrogen and oxygen atoms in total. The summed E-state index contributed by atoms with van der Waals surface area (Å²) in [6.07, 6.45) is 7.39. The van der Waals surface area contributed by atoms with Crippen molar-refractivity contribution in [1.82, 2.24) is 5.43 Å². The van der Waals surface area contributed by atoms with Crippen molar-refractivity contribution in [2.45, 2.75) is 58.4 Å². The first-order chi connectivity index (χ1) is 8.31. The van der Waals surface area contributed by atoms with Crippen molar-refractivity contribution >= 4 is 0 Å². The molecule has 0 aliphatic carbocycles. The predicted molar refractivity (Wildman–Crippen MR) is 74.6 cm³/mol. The molecule has 1 unspecified atom stereocenters. The Morgan fingerprint density at radius 2 is 1.76 bits per heavy atom. The number of hydrogen-bond acceptors (Lipinski definition) is 2. The lowest BCUT2D eigenvalue weighted by molar-refractivity contribution is 0.482. The fourth-order valence-electron chi connectivity index (χ4n) is 2.11. The van der Waals surface area contributed by atoms with Crippen molar-refractivity contribution in [3.05, 3.63) is 35.4 Å². The molecule has 2 heteroatoms. The molecule has 1 aromatic carbocycles. The molecular formula is C15H26N2. The quantitative estimate of drug-likeness (QED) is 0.409. The number of unbranched alkanes of at least 4 members (excludes halogenated alkanes) is 3. The van der Waals surface area contributed by atoms with Gasteiger partial charge in [-0.05, 0) is 24.0 Å². The Labute approximate surface area is 106 Å². The van der Waals surface area contributed by atoms with E-state index in [1.165, 1.54) is 36.8 Å². The molecular weight excluding hydrogens is 208 g/mol. The summed E-state index contributed by atoms with van der Waals surface area (Å²) >= 11 is 0. The van der Waals surface area contributed by atoms with Crippen molar-refractivity contribution in [3.63, 3.8) is 0 Å². The van der Waals surface area contributed by atoms with Crippen molar-refractivity contribution in [2.24, 2.45) is 5.84 Å². The maximum absolute atomic E-state index is 5.64. The normalized spacial score (nSPS) is 12.6. The van der Waals surface area contributed by atoms with Crippen LogP contribution in [0.3, 0.4) is 0 Å². The Morgan fingerprint density at radius 1 is 1.06 bits per heavy atom. The van der Waals surface area contributed by atoms with Gasteiger partial charge in [-0.3, -0.25) is 11.3 Å². The summed E-state index contributed by atoms with van der Waals surface area (Å²) in [6.45, 7) is 4.42. The van der Waals surface area contributed by atoms with Crippen LogP contribution in [-0.4, -0.2) is 0 Å². The van der Waals surface area contributed by atoms with E-state index in [0.29, 0.717) is 6.04 Å². The Morgan fingerprint density at radius 3 is 2.29 bits per heavy atom. The van der Waals surface area contributed by atoms with E-state index in [2.05, 4.69) is 43.5 Å². The lowest BCUT2D eigenvalue weighted by Crippen LogP contribution is -2.27. The van der Waals surface area contributed by atoms with E-state index in [1.807, 2.05) is 0 Å². The molecule has 17 heavy (non-hydrogen) atoms. The zero-order chi connectivity index (χ0) is 12.5. The van der Waals surface area contributed by atoms with Gasteiger partial charge in [-0.25, -0.2) is 0 Å². The molecule has 96 valence electrons. The molecule has 1 rings (SSSR count). The Bertz CT molecular complexity index is 292. The molecule has 0 aromatic heterocycles. The first-order valence-corrected chi connectivity index (χ1v) is 6.86. The lowest BCUT2D eigenvalue weighted by Gasteiger charge is -2.16. The van der Waals surface area contributed by atoms with Crippen molar-refractivity contribution < 1.29 is 0 Å². The maximum atomic E-state index is 5.64. The second kappa shape index (κ2) is 8.26. The number of rotatable bonds is 8. The van der Waals surface area contributed by atoms with E-state index in [9.17, 15) is 0 Å². The molecule has 0 radical (unpaired) electrons. The van der Waals surface area contributed by atoms with Crippen LogP contribution in [0.1, 0.15) is 63.1 Å². The smallest absolute Gasteiger partial charge is 0.0460 e. The van der Waals surface area contributed by atoms with Gasteiger partial charge >= 0.3 is 0 Å². The summed E-state index contributed by atoms with van der Waals surface area (Å²) in [7, 11) is 0. The zero-order valence-corrected chi connectivity index (χ0v) is 11.2. The SMILES string of the molecule is CCCCCCC(NN)c1ccc(CC)cc1. The molecule has 0 amide bonds. The number of nitrogens with one attached hydrogen (secondary N) is 1. The number of nitrogens with two attached hydrogens (primary N) is 1. The van der Waals surface area contributed by atoms with Gasteiger partial charge in [0, 0.05) is 6.04 Å². The van der Waals surface area contributed by atoms with Gasteiger partial charge in [0.15, 0.2) is 0 Å². The number of aryl methyl sites for hydroxylation is 1. The molecule has 0 saturated heterocycles. The maximum Gasteiger partial charge on any atom is 0.0460 e. The van der Waals surface area contributed by atoms with Gasteiger partial charge in [-0.1, -0.05) is 63.8 Å². The van der Waals surface area contributed by atoms with E-state index in [-0.39, 0.29) is 0 Å². The molecule has 0 spiro atoms. The predicted octanol–water partition coefficient (Wildman–Crippen LogP) is 3.72. The zero-order valence-electron chi connectivity index (χ0n) is 11.2. The van der Waals surface area contributed by atoms with Crippen molar-refractivity contribution in [2.75, 3.05) is 0 Å². The molecule has 0 heterocycles. The minimum Gasteiger partial charge on any atom is -0.271 e. The van der Waals surface area contributed by atoms with E-state index in [1.54, 1.807) is 0 Å². The van der Waals surface area contributed by atoms with Crippen molar-refractivity contribution in [1.29, 1.82) is 0 Å². The fourth-order valence-corrected chi connectivity index (χ4v) is 2.11. The van der Waals surface area contributed by atoms with Gasteiger partial charge in [0.05, 0.1) is 0 Å². The van der Waals surface area contributed by atoms with Gasteiger partial charge in [0.2, 0.25) is 0 Å². The van der Waals surface area contributed by atoms with Crippen LogP contribution in [0.2, 0.25) is 0 Å². The highest BCUT2D eigenvalue weighted by Gasteiger charge is 2.08. The van der Waals surface area contributed by atoms with Crippen LogP contribution >= 0.6 is 0 Å². The molecule has 0 saturated carbocycles. The minimum atomic E-state index is 0.303. The standard InChI is InChI=1S/C15H26N2/c1-3-5-6-7-8-15(17-16)14-11-9-13(4-2)10-12-14/h9-12,15,17H,3-8,16H2,1-2H3. The van der Waals surface area contributed by atoms with E-state index in [0.717, 1.165) is 12.8 Å². The summed E-state index contributed by atoms with van der Waals surface area (Å²) in [5.74, 6) is 5.64. The molecule has 0 aliphatic heterocycles. The van der Waals surface area contributed by atoms with E-state index >= 15 is 0 Å². The third-order valence-electron chi connectivity index (χ3n) is 3.34. The topological polar surface area (TPSA) is 38.0 Å². The lowest BCUT2D eigenvalue weighted by atomic mass is 9.99. The third-order valence-corrected chi connectivity index (χ3v) is 3.34. The monoisotopic (exact) mass is 234 g/mol. The largest absolute Gasteiger partial charge is 0.271 e. The second-order valence-corrected chi connectivity index (χ2v) is 4.66. The van der Waals surface area contributed by atoms with Crippen LogP contribution < -0.4 is 11.3 Å². The Kier molecular flexibility index (Phi) is 6.90. The number of hydrazine groups is 1. The summed E-state index contributed by atoms with van der Waals surface area (Å²) in [4.78, 5) is 0. The van der Waals surface area contributed by atoms with Crippen LogP contribution in [0.25, 0.3) is 0 Å². The second-order valence-electron chi connectivity index (χ2n) is 4.66. The molecule has 1 aromatic rings. The van der Waals surface area contributed by atoms with E-state index in [4.69, 9.17) is 5.84 Å². The van der Waals surface area contributed by atoms with Gasteiger partial charge < -0.3 is 0 Å². The third kappa shape index (κ3) is 4.88. The highest BCUT2D eigenvalue weighted by molar-refractivity contribution is 5.24.